The number of hydrogen-bond donors (Lipinski definition) is 1. The summed E-state index contributed by atoms with van der Waals surface area (Å²) in [5.74, 6) is -0.472. The van der Waals surface area contributed by atoms with E-state index in [9.17, 15) is 14.0 Å². The van der Waals surface area contributed by atoms with Gasteiger partial charge in [0.15, 0.2) is 0 Å². The van der Waals surface area contributed by atoms with Crippen LogP contribution in [0.2, 0.25) is 0 Å². The topological polar surface area (TPSA) is 55.4 Å². The quantitative estimate of drug-likeness (QED) is 0.651. The van der Waals surface area contributed by atoms with Gasteiger partial charge in [-0.2, -0.15) is 0 Å². The van der Waals surface area contributed by atoms with Crippen molar-refractivity contribution in [1.82, 2.24) is 0 Å². The van der Waals surface area contributed by atoms with Gasteiger partial charge in [0.2, 0.25) is 5.91 Å². The fraction of sp³-hybridized carbons (Fsp3) is 0.429. The molecule has 144 valence electrons. The molecule has 6 heteroatoms. The first kappa shape index (κ1) is 19.5. The van der Waals surface area contributed by atoms with Crippen LogP contribution in [-0.2, 0) is 9.53 Å². The maximum Gasteiger partial charge on any atom is 0.341 e. The van der Waals surface area contributed by atoms with Crippen LogP contribution in [0.4, 0.5) is 9.39 Å². The van der Waals surface area contributed by atoms with Crippen LogP contribution in [0.15, 0.2) is 29.6 Å². The highest BCUT2D eigenvalue weighted by Crippen LogP contribution is 2.37. The van der Waals surface area contributed by atoms with Gasteiger partial charge in [-0.15, -0.1) is 11.3 Å². The van der Waals surface area contributed by atoms with Gasteiger partial charge in [0, 0.05) is 17.4 Å². The zero-order valence-corrected chi connectivity index (χ0v) is 16.2. The third-order valence-electron chi connectivity index (χ3n) is 4.88. The molecule has 1 aromatic carbocycles. The monoisotopic (exact) mass is 389 g/mol. The van der Waals surface area contributed by atoms with Crippen molar-refractivity contribution >= 4 is 28.2 Å². The molecule has 1 saturated carbocycles. The van der Waals surface area contributed by atoms with E-state index in [4.69, 9.17) is 4.74 Å². The highest BCUT2D eigenvalue weighted by molar-refractivity contribution is 7.15. The molecule has 0 bridgehead atoms. The standard InChI is InChI=1S/C21H24FNO3S/c1-2-26-21(25)19-17(15-8-10-16(22)11-9-15)13-27-20(19)23-18(24)12-14-6-4-3-5-7-14/h8-11,13-14H,2-7,12H2,1H3,(H,23,24). The van der Waals surface area contributed by atoms with Crippen molar-refractivity contribution in [2.75, 3.05) is 11.9 Å². The Balaban J connectivity index is 1.82. The number of nitrogens with one attached hydrogen (secondary N) is 1. The molecule has 1 aromatic heterocycles. The van der Waals surface area contributed by atoms with Crippen molar-refractivity contribution in [1.29, 1.82) is 0 Å². The fourth-order valence-corrected chi connectivity index (χ4v) is 4.50. The first-order valence-electron chi connectivity index (χ1n) is 9.43. The molecular formula is C21H24FNO3S. The number of esters is 1. The van der Waals surface area contributed by atoms with E-state index in [1.165, 1.54) is 42.7 Å². The summed E-state index contributed by atoms with van der Waals surface area (Å²) in [6.45, 7) is 1.98. The summed E-state index contributed by atoms with van der Waals surface area (Å²) < 4.78 is 18.4. The zero-order chi connectivity index (χ0) is 19.2. The van der Waals surface area contributed by atoms with Gasteiger partial charge in [-0.1, -0.05) is 31.4 Å². The maximum absolute atomic E-state index is 13.2. The van der Waals surface area contributed by atoms with Crippen molar-refractivity contribution < 1.29 is 18.7 Å². The van der Waals surface area contributed by atoms with Crippen molar-refractivity contribution in [3.8, 4) is 11.1 Å². The number of amides is 1. The normalized spacial score (nSPS) is 14.7. The van der Waals surface area contributed by atoms with Crippen molar-refractivity contribution in [2.45, 2.75) is 45.4 Å². The number of ether oxygens (including phenoxy) is 1. The molecule has 4 nitrogen and oxygen atoms in total. The largest absolute Gasteiger partial charge is 0.462 e. The van der Waals surface area contributed by atoms with E-state index in [-0.39, 0.29) is 18.3 Å². The summed E-state index contributed by atoms with van der Waals surface area (Å²) >= 11 is 1.29. The molecule has 1 aliphatic rings. The average molecular weight is 389 g/mol. The molecule has 0 saturated heterocycles. The molecule has 0 radical (unpaired) electrons. The summed E-state index contributed by atoms with van der Waals surface area (Å²) in [5, 5.41) is 5.20. The van der Waals surface area contributed by atoms with Crippen LogP contribution in [0.5, 0.6) is 0 Å². The third kappa shape index (κ3) is 4.95. The van der Waals surface area contributed by atoms with Gasteiger partial charge in [-0.25, -0.2) is 9.18 Å². The average Bonchev–Trinajstić information content (AvgIpc) is 3.06. The van der Waals surface area contributed by atoms with Crippen molar-refractivity contribution in [3.05, 3.63) is 41.0 Å². The molecule has 1 fully saturated rings. The molecule has 1 amide bonds. The molecule has 0 unspecified atom stereocenters. The van der Waals surface area contributed by atoms with Gasteiger partial charge in [-0.3, -0.25) is 4.79 Å². The van der Waals surface area contributed by atoms with Crippen LogP contribution in [0, 0.1) is 11.7 Å². The number of rotatable bonds is 6. The van der Waals surface area contributed by atoms with E-state index in [2.05, 4.69) is 5.32 Å². The van der Waals surface area contributed by atoms with Crippen LogP contribution >= 0.6 is 11.3 Å². The minimum absolute atomic E-state index is 0.0695. The Bertz CT molecular complexity index is 794. The van der Waals surface area contributed by atoms with E-state index < -0.39 is 5.97 Å². The second kappa shape index (κ2) is 9.13. The predicted octanol–water partition coefficient (Wildman–Crippen LogP) is 5.64. The minimum Gasteiger partial charge on any atom is -0.462 e. The molecule has 1 heterocycles. The Kier molecular flexibility index (Phi) is 6.61. The van der Waals surface area contributed by atoms with Crippen LogP contribution in [0.3, 0.4) is 0 Å². The first-order chi connectivity index (χ1) is 13.1. The third-order valence-corrected chi connectivity index (χ3v) is 5.77. The highest BCUT2D eigenvalue weighted by atomic mass is 32.1. The summed E-state index contributed by atoms with van der Waals surface area (Å²) in [6, 6.07) is 5.94. The molecule has 1 aliphatic carbocycles. The minimum atomic E-state index is -0.481. The predicted molar refractivity (Wildman–Crippen MR) is 105 cm³/mol. The Hall–Kier alpha value is -2.21. The van der Waals surface area contributed by atoms with E-state index in [1.807, 2.05) is 0 Å². The number of thiophene rings is 1. The maximum atomic E-state index is 13.2. The second-order valence-electron chi connectivity index (χ2n) is 6.84. The van der Waals surface area contributed by atoms with Crippen LogP contribution in [0.1, 0.15) is 55.8 Å². The second-order valence-corrected chi connectivity index (χ2v) is 7.72. The lowest BCUT2D eigenvalue weighted by atomic mass is 9.87. The molecule has 0 spiro atoms. The first-order valence-corrected chi connectivity index (χ1v) is 10.3. The van der Waals surface area contributed by atoms with Crippen LogP contribution < -0.4 is 5.32 Å². The number of hydrogen-bond acceptors (Lipinski definition) is 4. The van der Waals surface area contributed by atoms with E-state index in [1.54, 1.807) is 24.4 Å². The molecule has 1 N–H and O–H groups in total. The molecule has 3 rings (SSSR count). The molecular weight excluding hydrogens is 365 g/mol. The molecule has 0 atom stereocenters. The number of carbonyl (C=O) groups excluding carboxylic acids is 2. The summed E-state index contributed by atoms with van der Waals surface area (Å²) in [5.41, 5.74) is 1.69. The van der Waals surface area contributed by atoms with Gasteiger partial charge in [0.25, 0.3) is 0 Å². The number of carbonyl (C=O) groups is 2. The summed E-state index contributed by atoms with van der Waals surface area (Å²) in [7, 11) is 0. The zero-order valence-electron chi connectivity index (χ0n) is 15.4. The SMILES string of the molecule is CCOC(=O)c1c(-c2ccc(F)cc2)csc1NC(=O)CC1CCCCC1. The Morgan fingerprint density at radius 3 is 2.56 bits per heavy atom. The van der Waals surface area contributed by atoms with Gasteiger partial charge in [0.1, 0.15) is 16.4 Å². The van der Waals surface area contributed by atoms with E-state index in [0.717, 1.165) is 12.8 Å². The van der Waals surface area contributed by atoms with Crippen molar-refractivity contribution in [3.63, 3.8) is 0 Å². The summed E-state index contributed by atoms with van der Waals surface area (Å²) in [4.78, 5) is 25.0. The lowest BCUT2D eigenvalue weighted by Crippen LogP contribution is -2.19. The lowest BCUT2D eigenvalue weighted by molar-refractivity contribution is -0.117. The van der Waals surface area contributed by atoms with Gasteiger partial charge in [-0.05, 0) is 43.4 Å². The lowest BCUT2D eigenvalue weighted by Gasteiger charge is -2.20. The molecule has 27 heavy (non-hydrogen) atoms. The Morgan fingerprint density at radius 1 is 1.19 bits per heavy atom. The number of benzene rings is 1. The Morgan fingerprint density at radius 2 is 1.89 bits per heavy atom. The molecule has 2 aromatic rings. The van der Waals surface area contributed by atoms with Crippen LogP contribution in [0.25, 0.3) is 11.1 Å². The summed E-state index contributed by atoms with van der Waals surface area (Å²) in [6.07, 6.45) is 6.26. The smallest absolute Gasteiger partial charge is 0.341 e. The highest BCUT2D eigenvalue weighted by Gasteiger charge is 2.24. The Labute approximate surface area is 162 Å². The van der Waals surface area contributed by atoms with Gasteiger partial charge >= 0.3 is 5.97 Å². The number of anilines is 1. The van der Waals surface area contributed by atoms with Crippen molar-refractivity contribution in [2.24, 2.45) is 5.92 Å². The van der Waals surface area contributed by atoms with E-state index in [0.29, 0.717) is 34.0 Å². The fourth-order valence-electron chi connectivity index (χ4n) is 3.53. The van der Waals surface area contributed by atoms with E-state index >= 15 is 0 Å². The number of halogens is 1. The van der Waals surface area contributed by atoms with Gasteiger partial charge < -0.3 is 10.1 Å². The van der Waals surface area contributed by atoms with Gasteiger partial charge in [0.05, 0.1) is 6.61 Å². The van der Waals surface area contributed by atoms with Crippen LogP contribution in [-0.4, -0.2) is 18.5 Å². The molecule has 0 aliphatic heterocycles.